The van der Waals surface area contributed by atoms with Gasteiger partial charge in [-0.05, 0) is 18.2 Å². The monoisotopic (exact) mass is 274 g/mol. The summed E-state index contributed by atoms with van der Waals surface area (Å²) in [7, 11) is 1.44. The number of anilines is 2. The van der Waals surface area contributed by atoms with Crippen LogP contribution < -0.4 is 21.1 Å². The number of H-pyrrole nitrogens is 1. The highest BCUT2D eigenvalue weighted by Crippen LogP contribution is 2.33. The highest BCUT2D eigenvalue weighted by molar-refractivity contribution is 6.05. The number of carbonyl (C=O) groups is 2. The molecule has 0 saturated heterocycles. The maximum Gasteiger partial charge on any atom is 0.316 e. The van der Waals surface area contributed by atoms with Crippen LogP contribution in [0.15, 0.2) is 36.7 Å². The number of aromatic amines is 1. The summed E-state index contributed by atoms with van der Waals surface area (Å²) in [5.41, 5.74) is 6.38. The normalized spacial score (nSPS) is 9.85. The van der Waals surface area contributed by atoms with E-state index in [1.165, 1.54) is 7.11 Å². The smallest absolute Gasteiger partial charge is 0.316 e. The van der Waals surface area contributed by atoms with E-state index in [2.05, 4.69) is 15.6 Å². The molecule has 2 aromatic rings. The van der Waals surface area contributed by atoms with E-state index in [9.17, 15) is 9.59 Å². The number of urea groups is 1. The second kappa shape index (κ2) is 5.79. The zero-order chi connectivity index (χ0) is 14.5. The Hall–Kier alpha value is -2.96. The molecule has 3 amide bonds. The van der Waals surface area contributed by atoms with Crippen LogP contribution in [0.1, 0.15) is 10.4 Å². The molecule has 0 saturated carbocycles. The average Bonchev–Trinajstić information content (AvgIpc) is 2.92. The zero-order valence-corrected chi connectivity index (χ0v) is 10.8. The fourth-order valence-corrected chi connectivity index (χ4v) is 1.75. The van der Waals surface area contributed by atoms with Crippen molar-refractivity contribution in [2.45, 2.75) is 0 Å². The molecule has 1 aromatic heterocycles. The van der Waals surface area contributed by atoms with Crippen LogP contribution in [0.5, 0.6) is 5.75 Å². The number of carbonyl (C=O) groups excluding carboxylic acids is 2. The number of ether oxygens (including phenoxy) is 1. The molecule has 0 radical (unpaired) electrons. The number of hydrogen-bond acceptors (Lipinski definition) is 3. The molecule has 0 aliphatic rings. The summed E-state index contributed by atoms with van der Waals surface area (Å²) in [4.78, 5) is 25.7. The van der Waals surface area contributed by atoms with Crippen LogP contribution in [0.25, 0.3) is 0 Å². The third-order valence-electron chi connectivity index (χ3n) is 2.59. The highest BCUT2D eigenvalue weighted by atomic mass is 16.5. The first-order chi connectivity index (χ1) is 9.61. The van der Waals surface area contributed by atoms with Gasteiger partial charge in [-0.2, -0.15) is 0 Å². The van der Waals surface area contributed by atoms with Crippen molar-refractivity contribution >= 4 is 23.3 Å². The van der Waals surface area contributed by atoms with Gasteiger partial charge in [0.05, 0.1) is 24.0 Å². The third-order valence-corrected chi connectivity index (χ3v) is 2.59. The van der Waals surface area contributed by atoms with E-state index in [-0.39, 0.29) is 5.91 Å². The Morgan fingerprint density at radius 1 is 1.20 bits per heavy atom. The Bertz CT molecular complexity index is 623. The third kappa shape index (κ3) is 2.89. The Labute approximate surface area is 115 Å². The Kier molecular flexibility index (Phi) is 3.90. The number of nitrogens with two attached hydrogens (primary N) is 1. The van der Waals surface area contributed by atoms with Crippen LogP contribution >= 0.6 is 0 Å². The summed E-state index contributed by atoms with van der Waals surface area (Å²) in [6.07, 6.45) is 3.23. The summed E-state index contributed by atoms with van der Waals surface area (Å²) < 4.78 is 5.20. The number of para-hydroxylation sites is 1. The van der Waals surface area contributed by atoms with Gasteiger partial charge in [0.1, 0.15) is 0 Å². The molecule has 20 heavy (non-hydrogen) atoms. The van der Waals surface area contributed by atoms with Gasteiger partial charge >= 0.3 is 6.03 Å². The Morgan fingerprint density at radius 3 is 2.45 bits per heavy atom. The van der Waals surface area contributed by atoms with Crippen LogP contribution in [0.4, 0.5) is 16.2 Å². The summed E-state index contributed by atoms with van der Waals surface area (Å²) >= 11 is 0. The lowest BCUT2D eigenvalue weighted by atomic mass is 10.2. The van der Waals surface area contributed by atoms with Crippen LogP contribution in [-0.2, 0) is 0 Å². The number of nitrogens with one attached hydrogen (secondary N) is 3. The van der Waals surface area contributed by atoms with Gasteiger partial charge in [-0.3, -0.25) is 4.79 Å². The number of amides is 3. The van der Waals surface area contributed by atoms with E-state index < -0.39 is 6.03 Å². The maximum atomic E-state index is 12.0. The molecule has 0 aliphatic heterocycles. The van der Waals surface area contributed by atoms with Crippen LogP contribution in [0.2, 0.25) is 0 Å². The van der Waals surface area contributed by atoms with E-state index in [0.29, 0.717) is 22.7 Å². The van der Waals surface area contributed by atoms with Crippen LogP contribution in [-0.4, -0.2) is 24.0 Å². The molecular weight excluding hydrogens is 260 g/mol. The van der Waals surface area contributed by atoms with Crippen molar-refractivity contribution in [3.63, 3.8) is 0 Å². The van der Waals surface area contributed by atoms with E-state index >= 15 is 0 Å². The van der Waals surface area contributed by atoms with Crippen molar-refractivity contribution in [1.82, 2.24) is 4.98 Å². The van der Waals surface area contributed by atoms with Gasteiger partial charge in [-0.25, -0.2) is 4.79 Å². The van der Waals surface area contributed by atoms with E-state index in [1.54, 1.807) is 36.7 Å². The van der Waals surface area contributed by atoms with Crippen molar-refractivity contribution in [3.05, 3.63) is 42.2 Å². The standard InChI is InChI=1S/C13H14N4O3/c1-20-11-9(3-2-4-10(11)17-13(14)19)16-12(18)8-5-6-15-7-8/h2-7,15H,1H3,(H,16,18)(H3,14,17,19). The minimum Gasteiger partial charge on any atom is -0.492 e. The van der Waals surface area contributed by atoms with Crippen molar-refractivity contribution in [1.29, 1.82) is 0 Å². The molecule has 2 rings (SSSR count). The molecule has 0 bridgehead atoms. The first kappa shape index (κ1) is 13.5. The van der Waals surface area contributed by atoms with Gasteiger partial charge in [-0.1, -0.05) is 6.07 Å². The number of aromatic nitrogens is 1. The van der Waals surface area contributed by atoms with Gasteiger partial charge in [0.25, 0.3) is 5.91 Å². The lowest BCUT2D eigenvalue weighted by Gasteiger charge is -2.13. The quantitative estimate of drug-likeness (QED) is 0.682. The van der Waals surface area contributed by atoms with Crippen molar-refractivity contribution in [3.8, 4) is 5.75 Å². The summed E-state index contributed by atoms with van der Waals surface area (Å²) in [5, 5.41) is 5.13. The molecule has 7 heteroatoms. The van der Waals surface area contributed by atoms with Gasteiger partial charge in [-0.15, -0.1) is 0 Å². The molecule has 0 atom stereocenters. The van der Waals surface area contributed by atoms with E-state index in [0.717, 1.165) is 0 Å². The molecule has 1 aromatic carbocycles. The van der Waals surface area contributed by atoms with E-state index in [1.807, 2.05) is 0 Å². The summed E-state index contributed by atoms with van der Waals surface area (Å²) in [5.74, 6) is 0.0379. The molecule has 0 aliphatic carbocycles. The largest absolute Gasteiger partial charge is 0.492 e. The lowest BCUT2D eigenvalue weighted by Crippen LogP contribution is -2.20. The second-order valence-corrected chi connectivity index (χ2v) is 3.93. The molecule has 104 valence electrons. The predicted molar refractivity (Wildman–Crippen MR) is 74.9 cm³/mol. The molecular formula is C13H14N4O3. The first-order valence-corrected chi connectivity index (χ1v) is 5.79. The highest BCUT2D eigenvalue weighted by Gasteiger charge is 2.13. The SMILES string of the molecule is COc1c(NC(N)=O)cccc1NC(=O)c1cc[nH]c1. The number of hydrogen-bond donors (Lipinski definition) is 4. The Morgan fingerprint density at radius 2 is 1.90 bits per heavy atom. The van der Waals surface area contributed by atoms with Crippen molar-refractivity contribution in [2.75, 3.05) is 17.7 Å². The maximum absolute atomic E-state index is 12.0. The molecule has 7 nitrogen and oxygen atoms in total. The minimum absolute atomic E-state index is 0.291. The fourth-order valence-electron chi connectivity index (χ4n) is 1.75. The zero-order valence-electron chi connectivity index (χ0n) is 10.8. The first-order valence-electron chi connectivity index (χ1n) is 5.79. The molecule has 5 N–H and O–H groups in total. The minimum atomic E-state index is -0.711. The average molecular weight is 274 g/mol. The topological polar surface area (TPSA) is 109 Å². The number of primary amides is 1. The second-order valence-electron chi connectivity index (χ2n) is 3.93. The number of rotatable bonds is 4. The summed E-state index contributed by atoms with van der Waals surface area (Å²) in [6, 6.07) is 5.89. The fraction of sp³-hybridized carbons (Fsp3) is 0.0769. The van der Waals surface area contributed by atoms with Crippen molar-refractivity contribution in [2.24, 2.45) is 5.73 Å². The molecule has 1 heterocycles. The van der Waals surface area contributed by atoms with Gasteiger partial charge < -0.3 is 26.1 Å². The van der Waals surface area contributed by atoms with Crippen LogP contribution in [0, 0.1) is 0 Å². The number of methoxy groups -OCH3 is 1. The van der Waals surface area contributed by atoms with Crippen molar-refractivity contribution < 1.29 is 14.3 Å². The molecule has 0 fully saturated rings. The van der Waals surface area contributed by atoms with Gasteiger partial charge in [0, 0.05) is 12.4 Å². The van der Waals surface area contributed by atoms with Crippen LogP contribution in [0.3, 0.4) is 0 Å². The predicted octanol–water partition coefficient (Wildman–Crippen LogP) is 1.77. The van der Waals surface area contributed by atoms with Gasteiger partial charge in [0.15, 0.2) is 5.75 Å². The Balaban J connectivity index is 2.27. The summed E-state index contributed by atoms with van der Waals surface area (Å²) in [6.45, 7) is 0. The van der Waals surface area contributed by atoms with E-state index in [4.69, 9.17) is 10.5 Å². The molecule has 0 spiro atoms. The lowest BCUT2D eigenvalue weighted by molar-refractivity contribution is 0.102. The number of benzene rings is 1. The van der Waals surface area contributed by atoms with Gasteiger partial charge in [0.2, 0.25) is 0 Å². The molecule has 0 unspecified atom stereocenters.